The lowest BCUT2D eigenvalue weighted by Crippen LogP contribution is -2.52. The summed E-state index contributed by atoms with van der Waals surface area (Å²) in [4.78, 5) is 2.79. The quantitative estimate of drug-likeness (QED) is 0.374. The molecule has 1 N–H and O–H groups in total. The van der Waals surface area contributed by atoms with Crippen molar-refractivity contribution >= 4 is 8.32 Å². The van der Waals surface area contributed by atoms with Crippen molar-refractivity contribution in [1.29, 1.82) is 0 Å². The van der Waals surface area contributed by atoms with Gasteiger partial charge in [0, 0.05) is 11.3 Å². The van der Waals surface area contributed by atoms with Crippen LogP contribution < -0.4 is 0 Å². The van der Waals surface area contributed by atoms with Gasteiger partial charge >= 0.3 is 0 Å². The molecule has 1 fully saturated rings. The second-order valence-corrected chi connectivity index (χ2v) is 11.4. The van der Waals surface area contributed by atoms with Gasteiger partial charge in [0.2, 0.25) is 0 Å². The Balaban J connectivity index is 2.78. The fraction of sp³-hybridized carbons (Fsp3) is 1.00. The Morgan fingerprint density at radius 1 is 1.42 bits per heavy atom. The van der Waals surface area contributed by atoms with E-state index in [1.807, 2.05) is 0 Å². The molecule has 0 aromatic carbocycles. The molecule has 0 aromatic rings. The highest BCUT2D eigenvalue weighted by Crippen LogP contribution is 2.39. The maximum Gasteiger partial charge on any atom is 0.195 e. The first-order valence-corrected chi connectivity index (χ1v) is 9.55. The van der Waals surface area contributed by atoms with E-state index in [-0.39, 0.29) is 11.1 Å². The predicted octanol–water partition coefficient (Wildman–Crippen LogP) is 3.18. The summed E-state index contributed by atoms with van der Waals surface area (Å²) >= 11 is 0. The Bertz CT molecular complexity index is 364. The maximum absolute atomic E-state index is 9.91. The summed E-state index contributed by atoms with van der Waals surface area (Å²) in [5.41, 5.74) is 8.54. The molecule has 0 aromatic heterocycles. The number of azide groups is 1. The molecular formula is C12H25N3O3Si. The van der Waals surface area contributed by atoms with E-state index in [9.17, 15) is 5.11 Å². The van der Waals surface area contributed by atoms with Crippen molar-refractivity contribution in [3.8, 4) is 0 Å². The highest BCUT2D eigenvalue weighted by molar-refractivity contribution is 6.74. The van der Waals surface area contributed by atoms with Crippen molar-refractivity contribution < 1.29 is 14.3 Å². The van der Waals surface area contributed by atoms with Gasteiger partial charge in [-0.15, -0.1) is 0 Å². The molecule has 0 saturated carbocycles. The molecule has 1 heterocycles. The second-order valence-electron chi connectivity index (χ2n) is 6.65. The van der Waals surface area contributed by atoms with E-state index in [2.05, 4.69) is 43.9 Å². The van der Waals surface area contributed by atoms with Gasteiger partial charge in [0.25, 0.3) is 0 Å². The van der Waals surface area contributed by atoms with Crippen molar-refractivity contribution in [3.63, 3.8) is 0 Å². The van der Waals surface area contributed by atoms with Gasteiger partial charge in [-0.3, -0.25) is 0 Å². The van der Waals surface area contributed by atoms with Gasteiger partial charge in [-0.25, -0.2) is 0 Å². The number of ether oxygens (including phenoxy) is 1. The summed E-state index contributed by atoms with van der Waals surface area (Å²) in [6, 6.07) is -0.483. The standard InChI is InChI=1S/C12H25N3O3Si/c1-8-11(16)9(14-15-13)7-10(17-8)18-19(5,6)12(2,3)4/h8-11,16H,7H2,1-6H3/t8-,9-,10+,11-/m0/s1. The summed E-state index contributed by atoms with van der Waals surface area (Å²) in [6.07, 6.45) is -1.16. The molecule has 4 atom stereocenters. The molecule has 0 radical (unpaired) electrons. The SMILES string of the molecule is C[C@@H]1O[C@H](O[Si](C)(C)C(C)(C)C)C[C@H](N=[N+]=[N-])[C@H]1O. The van der Waals surface area contributed by atoms with Crippen molar-refractivity contribution in [1.82, 2.24) is 0 Å². The van der Waals surface area contributed by atoms with Crippen LogP contribution in [-0.4, -0.2) is 38.0 Å². The lowest BCUT2D eigenvalue weighted by atomic mass is 10.0. The van der Waals surface area contributed by atoms with Crippen LogP contribution in [0, 0.1) is 0 Å². The molecule has 0 aliphatic carbocycles. The normalized spacial score (nSPS) is 32.8. The number of nitrogens with zero attached hydrogens (tertiary/aromatic N) is 3. The molecule has 1 aliphatic rings. The first-order valence-electron chi connectivity index (χ1n) is 6.64. The lowest BCUT2D eigenvalue weighted by Gasteiger charge is -2.43. The van der Waals surface area contributed by atoms with Crippen molar-refractivity contribution in [2.24, 2.45) is 5.11 Å². The van der Waals surface area contributed by atoms with Crippen LogP contribution in [0.2, 0.25) is 18.1 Å². The molecule has 1 saturated heterocycles. The third-order valence-corrected chi connectivity index (χ3v) is 8.57. The van der Waals surface area contributed by atoms with E-state index >= 15 is 0 Å². The van der Waals surface area contributed by atoms with E-state index in [0.29, 0.717) is 6.42 Å². The average molecular weight is 287 g/mol. The first-order chi connectivity index (χ1) is 8.58. The van der Waals surface area contributed by atoms with E-state index in [1.54, 1.807) is 6.92 Å². The van der Waals surface area contributed by atoms with Gasteiger partial charge in [0.05, 0.1) is 18.2 Å². The molecule has 19 heavy (non-hydrogen) atoms. The maximum atomic E-state index is 9.91. The van der Waals surface area contributed by atoms with E-state index in [4.69, 9.17) is 14.7 Å². The van der Waals surface area contributed by atoms with Gasteiger partial charge in [-0.1, -0.05) is 25.9 Å². The van der Waals surface area contributed by atoms with Crippen LogP contribution in [-0.2, 0) is 9.16 Å². The smallest absolute Gasteiger partial charge is 0.195 e. The van der Waals surface area contributed by atoms with Crippen molar-refractivity contribution in [2.45, 2.75) is 76.8 Å². The molecule has 6 nitrogen and oxygen atoms in total. The monoisotopic (exact) mass is 287 g/mol. The lowest BCUT2D eigenvalue weighted by molar-refractivity contribution is -0.191. The number of hydrogen-bond donors (Lipinski definition) is 1. The Morgan fingerprint density at radius 2 is 2.00 bits per heavy atom. The van der Waals surface area contributed by atoms with Crippen LogP contribution >= 0.6 is 0 Å². The van der Waals surface area contributed by atoms with Crippen LogP contribution in [0.25, 0.3) is 10.4 Å². The number of aliphatic hydroxyl groups excluding tert-OH is 1. The number of hydrogen-bond acceptors (Lipinski definition) is 4. The molecular weight excluding hydrogens is 262 g/mol. The third-order valence-electron chi connectivity index (χ3n) is 4.11. The summed E-state index contributed by atoms with van der Waals surface area (Å²) in [7, 11) is -1.94. The van der Waals surface area contributed by atoms with Crippen molar-refractivity contribution in [3.05, 3.63) is 10.4 Å². The van der Waals surface area contributed by atoms with Gasteiger partial charge in [-0.2, -0.15) is 0 Å². The minimum Gasteiger partial charge on any atom is -0.392 e. The molecule has 0 unspecified atom stereocenters. The zero-order chi connectivity index (χ0) is 14.8. The van der Waals surface area contributed by atoms with Crippen LogP contribution in [0.4, 0.5) is 0 Å². The zero-order valence-electron chi connectivity index (χ0n) is 12.6. The summed E-state index contributed by atoms with van der Waals surface area (Å²) in [5, 5.41) is 13.6. The molecule has 1 aliphatic heterocycles. The zero-order valence-corrected chi connectivity index (χ0v) is 13.6. The van der Waals surface area contributed by atoms with Crippen LogP contribution in [0.1, 0.15) is 34.1 Å². The van der Waals surface area contributed by atoms with Gasteiger partial charge in [0.15, 0.2) is 8.32 Å². The Labute approximate surface area is 115 Å². The average Bonchev–Trinajstić information content (AvgIpc) is 2.23. The van der Waals surface area contributed by atoms with Gasteiger partial charge in [-0.05, 0) is 30.6 Å². The van der Waals surface area contributed by atoms with E-state index in [1.165, 1.54) is 0 Å². The summed E-state index contributed by atoms with van der Waals surface area (Å²) in [5.74, 6) is 0. The number of rotatable bonds is 3. The Hall–Kier alpha value is -0.593. The van der Waals surface area contributed by atoms with E-state index < -0.39 is 26.8 Å². The Kier molecular flexibility index (Phi) is 5.03. The van der Waals surface area contributed by atoms with Crippen molar-refractivity contribution in [2.75, 3.05) is 0 Å². The van der Waals surface area contributed by atoms with Gasteiger partial charge < -0.3 is 14.3 Å². The second kappa shape index (κ2) is 5.81. The highest BCUT2D eigenvalue weighted by atomic mass is 28.4. The fourth-order valence-electron chi connectivity index (χ4n) is 1.79. The fourth-order valence-corrected chi connectivity index (χ4v) is 2.95. The third kappa shape index (κ3) is 3.93. The highest BCUT2D eigenvalue weighted by Gasteiger charge is 2.43. The first kappa shape index (κ1) is 16.5. The molecule has 110 valence electrons. The molecule has 0 spiro atoms. The van der Waals surface area contributed by atoms with Gasteiger partial charge in [0.1, 0.15) is 6.29 Å². The molecule has 1 rings (SSSR count). The van der Waals surface area contributed by atoms with Crippen LogP contribution in [0.3, 0.4) is 0 Å². The summed E-state index contributed by atoms with van der Waals surface area (Å²) < 4.78 is 11.8. The topological polar surface area (TPSA) is 87.5 Å². The Morgan fingerprint density at radius 3 is 2.47 bits per heavy atom. The van der Waals surface area contributed by atoms with Crippen LogP contribution in [0.5, 0.6) is 0 Å². The van der Waals surface area contributed by atoms with E-state index in [0.717, 1.165) is 0 Å². The largest absolute Gasteiger partial charge is 0.392 e. The molecule has 0 amide bonds. The minimum atomic E-state index is -1.94. The number of aliphatic hydroxyl groups is 1. The van der Waals surface area contributed by atoms with Crippen LogP contribution in [0.15, 0.2) is 5.11 Å². The predicted molar refractivity (Wildman–Crippen MR) is 76.2 cm³/mol. The summed E-state index contributed by atoms with van der Waals surface area (Å²) in [6.45, 7) is 12.5. The molecule has 0 bridgehead atoms. The molecule has 7 heteroatoms. The minimum absolute atomic E-state index is 0.0870.